The maximum Gasteiger partial charge on any atom is 0.331 e. The third-order valence-corrected chi connectivity index (χ3v) is 3.16. The van der Waals surface area contributed by atoms with Gasteiger partial charge in [-0.05, 0) is 60.6 Å². The third-order valence-electron chi connectivity index (χ3n) is 3.16. The number of carbonyl (C=O) groups excluding carboxylic acids is 1. The maximum absolute atomic E-state index is 12.1. The fraction of sp³-hybridized carbons (Fsp3) is 0.571. The van der Waals surface area contributed by atoms with Crippen LogP contribution in [0.5, 0.6) is 23.0 Å². The van der Waals surface area contributed by atoms with Crippen LogP contribution in [0.25, 0.3) is 6.08 Å². The summed E-state index contributed by atoms with van der Waals surface area (Å²) in [7, 11) is 0. The average Bonchev–Trinajstić information content (AvgIpc) is 2.57. The predicted molar refractivity (Wildman–Crippen MR) is 106 cm³/mol. The van der Waals surface area contributed by atoms with E-state index in [0.29, 0.717) is 55.0 Å². The zero-order chi connectivity index (χ0) is 20.4. The molecule has 0 spiro atoms. The molecule has 27 heavy (non-hydrogen) atoms. The van der Waals surface area contributed by atoms with Gasteiger partial charge in [0.15, 0.2) is 11.5 Å². The topological polar surface area (TPSA) is 63.2 Å². The van der Waals surface area contributed by atoms with Crippen molar-refractivity contribution in [3.05, 3.63) is 17.7 Å². The smallest absolute Gasteiger partial charge is 0.331 e. The van der Waals surface area contributed by atoms with Crippen molar-refractivity contribution in [3.8, 4) is 23.0 Å². The molecule has 0 unspecified atom stereocenters. The molecule has 0 saturated heterocycles. The number of benzene rings is 1. The Bertz CT molecular complexity index is 643. The second-order valence-electron chi connectivity index (χ2n) is 6.55. The molecule has 1 aromatic carbocycles. The Kier molecular flexibility index (Phi) is 8.98. The van der Waals surface area contributed by atoms with Crippen LogP contribution in [0.2, 0.25) is 0 Å². The lowest BCUT2D eigenvalue weighted by Gasteiger charge is -2.21. The summed E-state index contributed by atoms with van der Waals surface area (Å²) in [6, 6.07) is 1.78. The standard InChI is InChI=1S/C21H32O6/c1-8-23-16-14-15(12-13-17(22)27-21(5,6)7)18(24-9-2)20(26-11-4)19(16)25-10-3/h12-14H,8-11H2,1-7H3. The molecule has 0 fully saturated rings. The largest absolute Gasteiger partial charge is 0.490 e. The molecule has 1 aromatic rings. The van der Waals surface area contributed by atoms with E-state index in [0.717, 1.165) is 0 Å². The summed E-state index contributed by atoms with van der Waals surface area (Å²) in [5, 5.41) is 0. The van der Waals surface area contributed by atoms with Crippen molar-refractivity contribution in [2.24, 2.45) is 0 Å². The van der Waals surface area contributed by atoms with Crippen LogP contribution in [0.15, 0.2) is 12.1 Å². The minimum Gasteiger partial charge on any atom is -0.490 e. The SMILES string of the molecule is CCOc1cc(C=CC(=O)OC(C)(C)C)c(OCC)c(OCC)c1OCC. The monoisotopic (exact) mass is 380 g/mol. The van der Waals surface area contributed by atoms with Crippen molar-refractivity contribution in [1.82, 2.24) is 0 Å². The van der Waals surface area contributed by atoms with Gasteiger partial charge in [0.25, 0.3) is 0 Å². The molecule has 0 bridgehead atoms. The van der Waals surface area contributed by atoms with E-state index in [-0.39, 0.29) is 0 Å². The molecule has 1 rings (SSSR count). The first kappa shape index (κ1) is 22.7. The summed E-state index contributed by atoms with van der Waals surface area (Å²) in [5.74, 6) is 1.57. The molecule has 0 heterocycles. The minimum atomic E-state index is -0.560. The molecule has 0 saturated carbocycles. The summed E-state index contributed by atoms with van der Waals surface area (Å²) in [4.78, 5) is 12.1. The fourth-order valence-corrected chi connectivity index (χ4v) is 2.35. The minimum absolute atomic E-state index is 0.435. The van der Waals surface area contributed by atoms with Gasteiger partial charge in [-0.25, -0.2) is 4.79 Å². The maximum atomic E-state index is 12.1. The van der Waals surface area contributed by atoms with E-state index in [2.05, 4.69) is 0 Å². The van der Waals surface area contributed by atoms with Crippen LogP contribution < -0.4 is 18.9 Å². The van der Waals surface area contributed by atoms with Crippen molar-refractivity contribution >= 4 is 12.0 Å². The Labute approximate surface area is 162 Å². The zero-order valence-electron chi connectivity index (χ0n) is 17.5. The quantitative estimate of drug-likeness (QED) is 0.435. The lowest BCUT2D eigenvalue weighted by Crippen LogP contribution is -2.22. The normalized spacial score (nSPS) is 11.4. The number of hydrogen-bond donors (Lipinski definition) is 0. The van der Waals surface area contributed by atoms with Gasteiger partial charge in [-0.3, -0.25) is 0 Å². The molecule has 0 radical (unpaired) electrons. The van der Waals surface area contributed by atoms with Crippen LogP contribution in [0, 0.1) is 0 Å². The summed E-state index contributed by atoms with van der Waals surface area (Å²) in [6.45, 7) is 14.8. The van der Waals surface area contributed by atoms with Gasteiger partial charge in [0, 0.05) is 11.6 Å². The predicted octanol–water partition coefficient (Wildman–Crippen LogP) is 4.64. The number of carbonyl (C=O) groups is 1. The number of ether oxygens (including phenoxy) is 5. The van der Waals surface area contributed by atoms with Crippen molar-refractivity contribution in [2.75, 3.05) is 26.4 Å². The highest BCUT2D eigenvalue weighted by molar-refractivity contribution is 5.88. The van der Waals surface area contributed by atoms with E-state index in [1.807, 2.05) is 48.5 Å². The molecule has 0 amide bonds. The highest BCUT2D eigenvalue weighted by atomic mass is 16.6. The van der Waals surface area contributed by atoms with E-state index in [1.165, 1.54) is 6.08 Å². The van der Waals surface area contributed by atoms with Gasteiger partial charge in [-0.15, -0.1) is 0 Å². The average molecular weight is 380 g/mol. The molecule has 0 atom stereocenters. The van der Waals surface area contributed by atoms with Gasteiger partial charge in [-0.2, -0.15) is 0 Å². The Morgan fingerprint density at radius 3 is 1.89 bits per heavy atom. The molecule has 6 heteroatoms. The number of hydrogen-bond acceptors (Lipinski definition) is 6. The van der Waals surface area contributed by atoms with Crippen molar-refractivity contribution in [3.63, 3.8) is 0 Å². The molecule has 152 valence electrons. The van der Waals surface area contributed by atoms with Gasteiger partial charge in [-0.1, -0.05) is 0 Å². The Morgan fingerprint density at radius 1 is 0.852 bits per heavy atom. The highest BCUT2D eigenvalue weighted by Crippen LogP contribution is 2.47. The van der Waals surface area contributed by atoms with Crippen LogP contribution in [0.1, 0.15) is 54.0 Å². The van der Waals surface area contributed by atoms with Crippen molar-refractivity contribution in [2.45, 2.75) is 54.1 Å². The van der Waals surface area contributed by atoms with E-state index in [1.54, 1.807) is 12.1 Å². The van der Waals surface area contributed by atoms with Crippen molar-refractivity contribution < 1.29 is 28.5 Å². The van der Waals surface area contributed by atoms with Crippen LogP contribution in [-0.2, 0) is 9.53 Å². The van der Waals surface area contributed by atoms with Crippen LogP contribution >= 0.6 is 0 Å². The van der Waals surface area contributed by atoms with E-state index in [4.69, 9.17) is 23.7 Å². The molecular weight excluding hydrogens is 348 g/mol. The fourth-order valence-electron chi connectivity index (χ4n) is 2.35. The second kappa shape index (κ2) is 10.7. The summed E-state index contributed by atoms with van der Waals surface area (Å²) in [6.07, 6.45) is 3.01. The Hall–Kier alpha value is -2.37. The second-order valence-corrected chi connectivity index (χ2v) is 6.55. The molecule has 0 aliphatic carbocycles. The first-order chi connectivity index (χ1) is 12.8. The molecule has 0 N–H and O–H groups in total. The third kappa shape index (κ3) is 7.04. The van der Waals surface area contributed by atoms with Crippen LogP contribution in [0.3, 0.4) is 0 Å². The van der Waals surface area contributed by atoms with E-state index in [9.17, 15) is 4.79 Å². The van der Waals surface area contributed by atoms with Crippen LogP contribution in [0.4, 0.5) is 0 Å². The van der Waals surface area contributed by atoms with E-state index < -0.39 is 11.6 Å². The molecular formula is C21H32O6. The van der Waals surface area contributed by atoms with Crippen LogP contribution in [-0.4, -0.2) is 38.0 Å². The van der Waals surface area contributed by atoms with Crippen molar-refractivity contribution in [1.29, 1.82) is 0 Å². The van der Waals surface area contributed by atoms with Gasteiger partial charge < -0.3 is 23.7 Å². The summed E-state index contributed by atoms with van der Waals surface area (Å²) >= 11 is 0. The summed E-state index contributed by atoms with van der Waals surface area (Å²) < 4.78 is 28.4. The van der Waals surface area contributed by atoms with Gasteiger partial charge in [0.05, 0.1) is 26.4 Å². The first-order valence-electron chi connectivity index (χ1n) is 9.40. The summed E-state index contributed by atoms with van der Waals surface area (Å²) in [5.41, 5.74) is 0.0914. The first-order valence-corrected chi connectivity index (χ1v) is 9.40. The van der Waals surface area contributed by atoms with Gasteiger partial charge in [0.1, 0.15) is 5.60 Å². The lowest BCUT2D eigenvalue weighted by molar-refractivity contribution is -0.148. The number of esters is 1. The van der Waals surface area contributed by atoms with Gasteiger partial charge in [0.2, 0.25) is 11.5 Å². The zero-order valence-corrected chi connectivity index (χ0v) is 17.5. The lowest BCUT2D eigenvalue weighted by atomic mass is 10.1. The molecule has 0 aliphatic rings. The molecule has 0 aromatic heterocycles. The number of rotatable bonds is 10. The molecule has 6 nitrogen and oxygen atoms in total. The Balaban J connectivity index is 3.45. The molecule has 0 aliphatic heterocycles. The van der Waals surface area contributed by atoms with E-state index >= 15 is 0 Å². The Morgan fingerprint density at radius 2 is 1.37 bits per heavy atom. The highest BCUT2D eigenvalue weighted by Gasteiger charge is 2.22. The van der Waals surface area contributed by atoms with Gasteiger partial charge >= 0.3 is 5.97 Å².